The smallest absolute Gasteiger partial charge is 0.0641 e. The zero-order valence-electron chi connectivity index (χ0n) is 12.6. The van der Waals surface area contributed by atoms with E-state index < -0.39 is 0 Å². The SMILES string of the molecule is CC[C@H]1CC[C@H]2CCC(=C(C)CO)C[C@H]2C1(C)C. The summed E-state index contributed by atoms with van der Waals surface area (Å²) >= 11 is 0. The summed E-state index contributed by atoms with van der Waals surface area (Å²) in [5, 5.41) is 9.35. The van der Waals surface area contributed by atoms with E-state index in [0.29, 0.717) is 5.41 Å². The van der Waals surface area contributed by atoms with Crippen molar-refractivity contribution in [3.63, 3.8) is 0 Å². The van der Waals surface area contributed by atoms with Crippen molar-refractivity contribution < 1.29 is 5.11 Å². The second-order valence-corrected chi connectivity index (χ2v) is 7.16. The Morgan fingerprint density at radius 2 is 2.00 bits per heavy atom. The third kappa shape index (κ3) is 2.39. The van der Waals surface area contributed by atoms with Crippen LogP contribution in [0.2, 0.25) is 0 Å². The van der Waals surface area contributed by atoms with E-state index in [-0.39, 0.29) is 6.61 Å². The molecule has 18 heavy (non-hydrogen) atoms. The largest absolute Gasteiger partial charge is 0.392 e. The topological polar surface area (TPSA) is 20.2 Å². The normalized spacial score (nSPS) is 38.2. The average molecular weight is 250 g/mol. The van der Waals surface area contributed by atoms with Gasteiger partial charge < -0.3 is 5.11 Å². The molecule has 0 spiro atoms. The highest BCUT2D eigenvalue weighted by molar-refractivity contribution is 5.17. The molecule has 0 radical (unpaired) electrons. The molecule has 0 aromatic heterocycles. The first-order valence-electron chi connectivity index (χ1n) is 7.79. The Labute approximate surface area is 113 Å². The van der Waals surface area contributed by atoms with Crippen molar-refractivity contribution in [2.45, 2.75) is 66.2 Å². The summed E-state index contributed by atoms with van der Waals surface area (Å²) in [6, 6.07) is 0. The Hall–Kier alpha value is -0.300. The maximum Gasteiger partial charge on any atom is 0.0641 e. The Morgan fingerprint density at radius 3 is 2.61 bits per heavy atom. The van der Waals surface area contributed by atoms with E-state index >= 15 is 0 Å². The first-order chi connectivity index (χ1) is 8.50. The molecule has 0 unspecified atom stereocenters. The van der Waals surface area contributed by atoms with Crippen LogP contribution in [0, 0.1) is 23.2 Å². The van der Waals surface area contributed by atoms with E-state index in [1.54, 1.807) is 5.57 Å². The fraction of sp³-hybridized carbons (Fsp3) is 0.882. The van der Waals surface area contributed by atoms with Crippen molar-refractivity contribution >= 4 is 0 Å². The molecule has 104 valence electrons. The van der Waals surface area contributed by atoms with Crippen LogP contribution in [-0.4, -0.2) is 11.7 Å². The average Bonchev–Trinajstić information content (AvgIpc) is 2.37. The molecule has 1 nitrogen and oxygen atoms in total. The Balaban J connectivity index is 2.20. The van der Waals surface area contributed by atoms with Crippen LogP contribution in [0.4, 0.5) is 0 Å². The molecule has 0 aliphatic heterocycles. The van der Waals surface area contributed by atoms with Crippen molar-refractivity contribution in [2.75, 3.05) is 6.61 Å². The second-order valence-electron chi connectivity index (χ2n) is 7.16. The lowest BCUT2D eigenvalue weighted by molar-refractivity contribution is -0.00318. The molecule has 0 bridgehead atoms. The number of hydrogen-bond acceptors (Lipinski definition) is 1. The van der Waals surface area contributed by atoms with Gasteiger partial charge in [-0.05, 0) is 67.8 Å². The summed E-state index contributed by atoms with van der Waals surface area (Å²) in [6.07, 6.45) is 8.05. The molecule has 0 amide bonds. The van der Waals surface area contributed by atoms with Crippen LogP contribution in [0.1, 0.15) is 66.2 Å². The molecule has 0 aromatic rings. The molecule has 0 saturated heterocycles. The van der Waals surface area contributed by atoms with Gasteiger partial charge in [0.05, 0.1) is 6.61 Å². The summed E-state index contributed by atoms with van der Waals surface area (Å²) in [4.78, 5) is 0. The van der Waals surface area contributed by atoms with Crippen molar-refractivity contribution in [1.29, 1.82) is 0 Å². The Bertz CT molecular complexity index is 327. The van der Waals surface area contributed by atoms with Gasteiger partial charge in [-0.25, -0.2) is 0 Å². The van der Waals surface area contributed by atoms with Crippen molar-refractivity contribution in [1.82, 2.24) is 0 Å². The number of hydrogen-bond donors (Lipinski definition) is 1. The summed E-state index contributed by atoms with van der Waals surface area (Å²) in [6.45, 7) is 9.71. The minimum absolute atomic E-state index is 0.254. The quantitative estimate of drug-likeness (QED) is 0.712. The van der Waals surface area contributed by atoms with E-state index in [2.05, 4.69) is 27.7 Å². The van der Waals surface area contributed by atoms with Crippen LogP contribution >= 0.6 is 0 Å². The summed E-state index contributed by atoms with van der Waals surface area (Å²) in [5.41, 5.74) is 3.28. The third-order valence-corrected chi connectivity index (χ3v) is 6.08. The molecule has 2 fully saturated rings. The molecule has 1 N–H and O–H groups in total. The second kappa shape index (κ2) is 5.36. The van der Waals surface area contributed by atoms with Gasteiger partial charge in [0.1, 0.15) is 0 Å². The molecule has 0 heterocycles. The highest BCUT2D eigenvalue weighted by atomic mass is 16.3. The molecule has 2 aliphatic rings. The molecule has 2 saturated carbocycles. The van der Waals surface area contributed by atoms with E-state index in [1.807, 2.05) is 0 Å². The van der Waals surface area contributed by atoms with Crippen LogP contribution in [0.15, 0.2) is 11.1 Å². The number of rotatable bonds is 2. The van der Waals surface area contributed by atoms with Gasteiger partial charge in [0.25, 0.3) is 0 Å². The van der Waals surface area contributed by atoms with Gasteiger partial charge in [0.15, 0.2) is 0 Å². The molecule has 2 rings (SSSR count). The highest BCUT2D eigenvalue weighted by Gasteiger charge is 2.45. The monoisotopic (exact) mass is 250 g/mol. The minimum atomic E-state index is 0.254. The van der Waals surface area contributed by atoms with E-state index in [4.69, 9.17) is 0 Å². The predicted molar refractivity (Wildman–Crippen MR) is 77.4 cm³/mol. The van der Waals surface area contributed by atoms with E-state index in [0.717, 1.165) is 17.8 Å². The fourth-order valence-electron chi connectivity index (χ4n) is 4.63. The standard InChI is InChI=1S/C17H30O/c1-5-15-9-8-13-6-7-14(12(2)11-18)10-16(13)17(15,3)4/h13,15-16,18H,5-11H2,1-4H3/t13-,15+,16-/m1/s1. The van der Waals surface area contributed by atoms with E-state index in [9.17, 15) is 5.11 Å². The van der Waals surface area contributed by atoms with Crippen LogP contribution in [-0.2, 0) is 0 Å². The van der Waals surface area contributed by atoms with Gasteiger partial charge in [0.2, 0.25) is 0 Å². The van der Waals surface area contributed by atoms with Crippen LogP contribution in [0.25, 0.3) is 0 Å². The number of aliphatic hydroxyl groups excluding tert-OH is 1. The number of allylic oxidation sites excluding steroid dienone is 1. The number of fused-ring (bicyclic) bond motifs is 1. The van der Waals surface area contributed by atoms with Gasteiger partial charge in [-0.3, -0.25) is 0 Å². The summed E-state index contributed by atoms with van der Waals surface area (Å²) < 4.78 is 0. The lowest BCUT2D eigenvalue weighted by Gasteiger charge is -2.52. The Morgan fingerprint density at radius 1 is 1.28 bits per heavy atom. The van der Waals surface area contributed by atoms with Crippen molar-refractivity contribution in [3.8, 4) is 0 Å². The van der Waals surface area contributed by atoms with Gasteiger partial charge in [0, 0.05) is 0 Å². The lowest BCUT2D eigenvalue weighted by Crippen LogP contribution is -2.43. The van der Waals surface area contributed by atoms with Gasteiger partial charge in [-0.1, -0.05) is 32.8 Å². The maximum atomic E-state index is 9.35. The first kappa shape index (κ1) is 14.1. The minimum Gasteiger partial charge on any atom is -0.392 e. The summed E-state index contributed by atoms with van der Waals surface area (Å²) in [5.74, 6) is 2.69. The molecular weight excluding hydrogens is 220 g/mol. The molecule has 3 atom stereocenters. The van der Waals surface area contributed by atoms with Crippen LogP contribution in [0.3, 0.4) is 0 Å². The number of aliphatic hydroxyl groups is 1. The zero-order valence-corrected chi connectivity index (χ0v) is 12.6. The Kier molecular flexibility index (Phi) is 4.21. The van der Waals surface area contributed by atoms with Crippen LogP contribution in [0.5, 0.6) is 0 Å². The van der Waals surface area contributed by atoms with Gasteiger partial charge in [-0.15, -0.1) is 0 Å². The lowest BCUT2D eigenvalue weighted by atomic mass is 9.53. The van der Waals surface area contributed by atoms with Crippen molar-refractivity contribution in [2.24, 2.45) is 23.2 Å². The van der Waals surface area contributed by atoms with Crippen LogP contribution < -0.4 is 0 Å². The third-order valence-electron chi connectivity index (χ3n) is 6.08. The molecular formula is C17H30O. The fourth-order valence-corrected chi connectivity index (χ4v) is 4.63. The molecule has 0 aromatic carbocycles. The molecule has 1 heteroatoms. The zero-order chi connectivity index (χ0) is 13.3. The highest BCUT2D eigenvalue weighted by Crippen LogP contribution is 2.55. The predicted octanol–water partition coefficient (Wildman–Crippen LogP) is 4.56. The maximum absolute atomic E-state index is 9.35. The van der Waals surface area contributed by atoms with Crippen molar-refractivity contribution in [3.05, 3.63) is 11.1 Å². The molecule has 2 aliphatic carbocycles. The first-order valence-corrected chi connectivity index (χ1v) is 7.79. The van der Waals surface area contributed by atoms with E-state index in [1.165, 1.54) is 44.1 Å². The van der Waals surface area contributed by atoms with Gasteiger partial charge >= 0.3 is 0 Å². The van der Waals surface area contributed by atoms with Gasteiger partial charge in [-0.2, -0.15) is 0 Å². The summed E-state index contributed by atoms with van der Waals surface area (Å²) in [7, 11) is 0.